The van der Waals surface area contributed by atoms with Gasteiger partial charge in [0.2, 0.25) is 5.91 Å². The van der Waals surface area contributed by atoms with Gasteiger partial charge in [-0.05, 0) is 38.8 Å². The maximum Gasteiger partial charge on any atom is 0.230 e. The van der Waals surface area contributed by atoms with Crippen molar-refractivity contribution in [3.8, 4) is 0 Å². The highest BCUT2D eigenvalue weighted by molar-refractivity contribution is 5.83. The molecule has 128 valence electrons. The monoisotopic (exact) mass is 324 g/mol. The molecule has 0 unspecified atom stereocenters. The third kappa shape index (κ3) is 4.24. The van der Waals surface area contributed by atoms with Crippen molar-refractivity contribution >= 4 is 5.91 Å². The Hall–Kier alpha value is -2.13. The zero-order valence-electron chi connectivity index (χ0n) is 15.1. The fourth-order valence-electron chi connectivity index (χ4n) is 2.48. The highest BCUT2D eigenvalue weighted by Crippen LogP contribution is 2.31. The third-order valence-corrected chi connectivity index (χ3v) is 4.87. The smallest absolute Gasteiger partial charge is 0.230 e. The van der Waals surface area contributed by atoms with Crippen LogP contribution in [0.25, 0.3) is 0 Å². The van der Waals surface area contributed by atoms with Crippen LogP contribution in [0.5, 0.6) is 0 Å². The predicted molar refractivity (Wildman–Crippen MR) is 99.2 cm³/mol. The zero-order valence-corrected chi connectivity index (χ0v) is 15.1. The molecule has 0 radical (unpaired) electrons. The molecule has 2 rings (SSSR count). The maximum absolute atomic E-state index is 13.3. The van der Waals surface area contributed by atoms with Crippen LogP contribution in [0.1, 0.15) is 38.8 Å². The molecule has 0 bridgehead atoms. The molecule has 0 saturated heterocycles. The number of carbonyl (C=O) groups is 1. The molecule has 0 fully saturated rings. The van der Waals surface area contributed by atoms with E-state index in [9.17, 15) is 4.79 Å². The van der Waals surface area contributed by atoms with E-state index in [0.717, 1.165) is 11.1 Å². The van der Waals surface area contributed by atoms with E-state index in [1.807, 2.05) is 93.3 Å². The van der Waals surface area contributed by atoms with E-state index >= 15 is 0 Å². The number of carbonyl (C=O) groups excluding carboxylic acids is 1. The Morgan fingerprint density at radius 3 is 1.54 bits per heavy atom. The second-order valence-electron chi connectivity index (χ2n) is 7.48. The van der Waals surface area contributed by atoms with Crippen molar-refractivity contribution in [3.05, 3.63) is 71.8 Å². The first-order chi connectivity index (χ1) is 11.2. The standard InChI is InChI=1S/C21H28N2O/c1-20(2,21(3,4)22)19(24)23(15-17-11-7-5-8-12-17)16-18-13-9-6-10-14-18/h5-14H,15-16,22H2,1-4H3. The molecule has 2 aromatic carbocycles. The summed E-state index contributed by atoms with van der Waals surface area (Å²) in [6, 6.07) is 20.2. The average Bonchev–Trinajstić information content (AvgIpc) is 2.54. The van der Waals surface area contributed by atoms with Crippen LogP contribution in [0, 0.1) is 5.41 Å². The number of nitrogens with zero attached hydrogens (tertiary/aromatic N) is 1. The van der Waals surface area contributed by atoms with Crippen molar-refractivity contribution in [2.75, 3.05) is 0 Å². The molecule has 3 heteroatoms. The van der Waals surface area contributed by atoms with Gasteiger partial charge >= 0.3 is 0 Å². The van der Waals surface area contributed by atoms with Gasteiger partial charge in [0.05, 0.1) is 5.41 Å². The minimum atomic E-state index is -0.656. The molecule has 24 heavy (non-hydrogen) atoms. The van der Waals surface area contributed by atoms with Crippen LogP contribution in [0.4, 0.5) is 0 Å². The number of benzene rings is 2. The van der Waals surface area contributed by atoms with E-state index in [2.05, 4.69) is 0 Å². The van der Waals surface area contributed by atoms with Crippen molar-refractivity contribution in [2.24, 2.45) is 11.1 Å². The van der Waals surface area contributed by atoms with Gasteiger partial charge in [0.25, 0.3) is 0 Å². The molecule has 0 aliphatic heterocycles. The summed E-state index contributed by atoms with van der Waals surface area (Å²) >= 11 is 0. The summed E-state index contributed by atoms with van der Waals surface area (Å²) in [5, 5.41) is 0. The van der Waals surface area contributed by atoms with Gasteiger partial charge in [-0.25, -0.2) is 0 Å². The van der Waals surface area contributed by atoms with Crippen molar-refractivity contribution < 1.29 is 4.79 Å². The van der Waals surface area contributed by atoms with Crippen LogP contribution in [-0.2, 0) is 17.9 Å². The molecule has 3 nitrogen and oxygen atoms in total. The van der Waals surface area contributed by atoms with Crippen LogP contribution < -0.4 is 5.73 Å². The summed E-state index contributed by atoms with van der Waals surface area (Å²) in [7, 11) is 0. The Labute approximate surface area is 145 Å². The first-order valence-electron chi connectivity index (χ1n) is 8.38. The molecular formula is C21H28N2O. The van der Waals surface area contributed by atoms with Gasteiger partial charge in [0, 0.05) is 18.6 Å². The zero-order chi connectivity index (χ0) is 17.8. The highest BCUT2D eigenvalue weighted by Gasteiger charge is 2.42. The Morgan fingerprint density at radius 2 is 1.21 bits per heavy atom. The lowest BCUT2D eigenvalue weighted by Gasteiger charge is -2.41. The van der Waals surface area contributed by atoms with E-state index < -0.39 is 11.0 Å². The molecular weight excluding hydrogens is 296 g/mol. The lowest BCUT2D eigenvalue weighted by atomic mass is 9.74. The molecule has 2 N–H and O–H groups in total. The van der Waals surface area contributed by atoms with Crippen LogP contribution in [0.2, 0.25) is 0 Å². The molecule has 0 aliphatic carbocycles. The quantitative estimate of drug-likeness (QED) is 0.873. The topological polar surface area (TPSA) is 46.3 Å². The Morgan fingerprint density at radius 1 is 0.833 bits per heavy atom. The van der Waals surface area contributed by atoms with E-state index in [-0.39, 0.29) is 5.91 Å². The SMILES string of the molecule is CC(C)(N)C(C)(C)C(=O)N(Cc1ccccc1)Cc1ccccc1. The minimum Gasteiger partial charge on any atom is -0.334 e. The molecule has 0 atom stereocenters. The number of hydrogen-bond donors (Lipinski definition) is 1. The first kappa shape index (κ1) is 18.2. The Bertz CT molecular complexity index is 616. The maximum atomic E-state index is 13.3. The summed E-state index contributed by atoms with van der Waals surface area (Å²) in [4.78, 5) is 15.2. The van der Waals surface area contributed by atoms with Gasteiger partial charge < -0.3 is 10.6 Å². The van der Waals surface area contributed by atoms with E-state index in [4.69, 9.17) is 5.73 Å². The van der Waals surface area contributed by atoms with E-state index in [1.54, 1.807) is 0 Å². The predicted octanol–water partition coefficient (Wildman–Crippen LogP) is 3.98. The van der Waals surface area contributed by atoms with Gasteiger partial charge in [-0.2, -0.15) is 0 Å². The summed E-state index contributed by atoms with van der Waals surface area (Å²) in [5.74, 6) is 0.0720. The van der Waals surface area contributed by atoms with Crippen LogP contribution >= 0.6 is 0 Å². The van der Waals surface area contributed by atoms with Crippen molar-refractivity contribution in [3.63, 3.8) is 0 Å². The molecule has 0 spiro atoms. The largest absolute Gasteiger partial charge is 0.334 e. The molecule has 0 aliphatic rings. The number of amides is 1. The van der Waals surface area contributed by atoms with Gasteiger partial charge in [0.15, 0.2) is 0 Å². The lowest BCUT2D eigenvalue weighted by molar-refractivity contribution is -0.144. The fraction of sp³-hybridized carbons (Fsp3) is 0.381. The van der Waals surface area contributed by atoms with Gasteiger partial charge in [-0.3, -0.25) is 4.79 Å². The summed E-state index contributed by atoms with van der Waals surface area (Å²) in [6.45, 7) is 8.83. The van der Waals surface area contributed by atoms with Gasteiger partial charge in [-0.1, -0.05) is 60.7 Å². The average molecular weight is 324 g/mol. The van der Waals surface area contributed by atoms with Gasteiger partial charge in [0.1, 0.15) is 0 Å². The first-order valence-corrected chi connectivity index (χ1v) is 8.38. The fourth-order valence-corrected chi connectivity index (χ4v) is 2.48. The molecule has 1 amide bonds. The summed E-state index contributed by atoms with van der Waals surface area (Å²) in [6.07, 6.45) is 0. The minimum absolute atomic E-state index is 0.0720. The second-order valence-corrected chi connectivity index (χ2v) is 7.48. The normalized spacial score (nSPS) is 12.0. The van der Waals surface area contributed by atoms with E-state index in [1.165, 1.54) is 0 Å². The molecule has 0 saturated carbocycles. The number of hydrogen-bond acceptors (Lipinski definition) is 2. The second kappa shape index (κ2) is 7.18. The van der Waals surface area contributed by atoms with Gasteiger partial charge in [-0.15, -0.1) is 0 Å². The third-order valence-electron chi connectivity index (χ3n) is 4.87. The molecule has 0 aromatic heterocycles. The van der Waals surface area contributed by atoms with E-state index in [0.29, 0.717) is 13.1 Å². The van der Waals surface area contributed by atoms with Crippen molar-refractivity contribution in [1.82, 2.24) is 4.90 Å². The Kier molecular flexibility index (Phi) is 5.45. The van der Waals surface area contributed by atoms with Crippen molar-refractivity contribution in [1.29, 1.82) is 0 Å². The lowest BCUT2D eigenvalue weighted by Crippen LogP contribution is -2.56. The van der Waals surface area contributed by atoms with Crippen LogP contribution in [0.15, 0.2) is 60.7 Å². The number of rotatable bonds is 6. The summed E-state index contributed by atoms with van der Waals surface area (Å²) < 4.78 is 0. The number of nitrogens with two attached hydrogens (primary N) is 1. The van der Waals surface area contributed by atoms with Crippen molar-refractivity contribution in [2.45, 2.75) is 46.3 Å². The Balaban J connectivity index is 2.30. The summed E-state index contributed by atoms with van der Waals surface area (Å²) in [5.41, 5.74) is 7.27. The van der Waals surface area contributed by atoms with Crippen LogP contribution in [0.3, 0.4) is 0 Å². The molecule has 2 aromatic rings. The molecule has 0 heterocycles. The highest BCUT2D eigenvalue weighted by atomic mass is 16.2. The van der Waals surface area contributed by atoms with Crippen LogP contribution in [-0.4, -0.2) is 16.3 Å².